The van der Waals surface area contributed by atoms with Gasteiger partial charge in [-0.25, -0.2) is 4.79 Å². The number of piperidine rings is 1. The van der Waals surface area contributed by atoms with Gasteiger partial charge in [-0.05, 0) is 356 Å². The number of likely N-dealkylation sites (N-methyl/N-ethyl adjacent to an activating group) is 2. The highest BCUT2D eigenvalue weighted by Gasteiger charge is 2.34. The number of phenolic OH excluding ortho intramolecular Hbond substituents is 1. The average Bonchev–Trinajstić information content (AvgIpc) is 1.73. The summed E-state index contributed by atoms with van der Waals surface area (Å²) in [6.45, 7) is 93.0. The Balaban J connectivity index is -0.000000751. The van der Waals surface area contributed by atoms with Crippen LogP contribution in [0.2, 0.25) is 0 Å². The maximum absolute atomic E-state index is 11.7. The Kier molecular flexibility index (Phi) is 84.2. The number of carboxylic acids is 2. The zero-order chi connectivity index (χ0) is 111. The first-order chi connectivity index (χ1) is 67.6. The number of nitrogens with one attached hydrogen (secondary N) is 9. The van der Waals surface area contributed by atoms with Gasteiger partial charge in [0, 0.05) is 169 Å². The van der Waals surface area contributed by atoms with Gasteiger partial charge in [0.1, 0.15) is 5.75 Å². The fourth-order valence-electron chi connectivity index (χ4n) is 15.1. The maximum atomic E-state index is 11.7. The molecular weight excluding hydrogens is 1820 g/mol. The standard InChI is InChI=1S/C14H31N.C12H17NO2.C11H22N2O2.C11H21NO2.C11H17NO.C11H17N.C10H20N2O.C8H18N2.C8H20N2.C7H16N2O.C7H15NO2.C7H17N/c1-6-8-10-12-15(14(3,4)5)13-11-9-7-2;1-12(2,3)13-7-9-4-5-10-11(6-9)15-8-14-10;1-4-15-11(14)13-7-5-10(6-8-13)12-9(2)3;1-8(2)12-7-9-3-5-10(6-4-9)11(13)14;1-9(2)12-8-7-10-3-5-11(13)6-4-10;1-10(2)12(3)9-11-7-5-4-6-8-11;1-8(2)12-7-5-6-9(12)10(13)11(3)4;1-8(2)10-6-4-9(3)5-7-10;1-8(2,3)10-7-5-4-6-9;1-6(2)8-4-5-9-7(3)10;1-7(2,3)8-5-4-6(9)10;1-5-6-8-7(2,3)4/h6-13H2,1-5H3;4-6,13H,7-8H2,1-3H3;9-10,12H,4-8H2,1-3H3;8-10,12H,3-7H2,1-2H3,(H,13,14);3-6,9,12-13H,7-8H2,1-2H3;4-8,10H,9H2,1-3H3;8-9H,5-7H2,1-4H3;8H,4-7H2,1-3H3;10H,4-7,9H2,1-3H3;6,8H,4-5H2,1-3H3,(H,9,10);8H,4-5H2,1-3H3,(H,9,10);8H,5-6H2,1-4H3/t;;;;;;9-;;;;;/m......0...../s1. The smallest absolute Gasteiger partial charge is 0.409 e. The maximum Gasteiger partial charge on any atom is 0.409 e. The molecule has 145 heavy (non-hydrogen) atoms. The molecule has 3 aromatic carbocycles. The molecular formula is C117H231N17O11. The number of rotatable bonds is 40. The molecule has 1 atom stereocenters. The van der Waals surface area contributed by atoms with Gasteiger partial charge >= 0.3 is 18.0 Å². The van der Waals surface area contributed by atoms with Crippen molar-refractivity contribution in [1.29, 1.82) is 0 Å². The number of benzene rings is 3. The number of hydrogen-bond donors (Lipinski definition) is 13. The van der Waals surface area contributed by atoms with Crippen LogP contribution >= 0.6 is 0 Å². The highest BCUT2D eigenvalue weighted by molar-refractivity contribution is 5.81. The lowest BCUT2D eigenvalue weighted by molar-refractivity contribution is -0.143. The summed E-state index contributed by atoms with van der Waals surface area (Å²) in [5.41, 5.74) is 10.3. The number of nitrogens with zero attached hydrogens (tertiary/aromatic N) is 7. The third kappa shape index (κ3) is 89.1. The first kappa shape index (κ1) is 145. The monoisotopic (exact) mass is 2050 g/mol. The van der Waals surface area contributed by atoms with E-state index in [1.165, 1.54) is 114 Å². The van der Waals surface area contributed by atoms with Crippen LogP contribution in [0.3, 0.4) is 0 Å². The van der Waals surface area contributed by atoms with Gasteiger partial charge in [-0.3, -0.25) is 38.8 Å². The number of carbonyl (C=O) groups is 5. The second kappa shape index (κ2) is 84.3. The van der Waals surface area contributed by atoms with Gasteiger partial charge in [-0.15, -0.1) is 0 Å². The molecule has 4 fully saturated rings. The molecule has 850 valence electrons. The number of fused-ring (bicyclic) bond motifs is 1. The predicted molar refractivity (Wildman–Crippen MR) is 617 cm³/mol. The quantitative estimate of drug-likeness (QED) is 0.0235. The van der Waals surface area contributed by atoms with Gasteiger partial charge in [0.25, 0.3) is 0 Å². The molecule has 4 aliphatic heterocycles. The third-order valence-corrected chi connectivity index (χ3v) is 24.1. The number of aliphatic carboxylic acids is 2. The van der Waals surface area contributed by atoms with Crippen molar-refractivity contribution in [3.63, 3.8) is 0 Å². The third-order valence-electron chi connectivity index (χ3n) is 24.1. The van der Waals surface area contributed by atoms with E-state index in [0.29, 0.717) is 91.5 Å². The van der Waals surface area contributed by atoms with E-state index in [2.05, 4.69) is 324 Å². The SMILES string of the molecule is CC(=O)NCCNC(C)C.CC(C)(C)NCCC(=O)O.CC(C)(C)NCCCCN.CC(C)(C)NCc1ccc2c(c1)OCO2.CC(C)N(C)Cc1ccccc1.CC(C)N1CCC[C@H]1C(=O)N(C)C.CC(C)N1CCN(C)CC1.CC(C)NCC1CCC(C(=O)O)CC1.CC(C)NCCc1ccc(O)cc1.CCCCCN(CCCCC)C(C)(C)C.CCCNC(C)(C)C.CCOC(=O)N1CCC(NC(C)C)CC1. The normalized spacial score (nSPS) is 16.0. The second-order valence-corrected chi connectivity index (χ2v) is 46.7. The average molecular weight is 2050 g/mol. The predicted octanol–water partition coefficient (Wildman–Crippen LogP) is 20.2. The number of carbonyl (C=O) groups excluding carboxylic acids is 3. The summed E-state index contributed by atoms with van der Waals surface area (Å²) in [5.74, 6) is 1.56. The molecule has 3 saturated heterocycles. The highest BCUT2D eigenvalue weighted by Crippen LogP contribution is 2.33. The Morgan fingerprint density at radius 2 is 1.03 bits per heavy atom. The summed E-state index contributed by atoms with van der Waals surface area (Å²) in [7, 11) is 8.01. The van der Waals surface area contributed by atoms with Crippen molar-refractivity contribution in [2.24, 2.45) is 17.6 Å². The van der Waals surface area contributed by atoms with Gasteiger partial charge in [-0.1, -0.05) is 150 Å². The van der Waals surface area contributed by atoms with E-state index in [9.17, 15) is 24.0 Å². The number of hydrogen-bond acceptors (Lipinski definition) is 23. The van der Waals surface area contributed by atoms with Crippen molar-refractivity contribution >= 4 is 29.8 Å². The minimum absolute atomic E-state index is 0.0233. The van der Waals surface area contributed by atoms with Crippen LogP contribution in [0.15, 0.2) is 72.8 Å². The number of nitrogens with two attached hydrogens (primary N) is 1. The molecule has 28 heteroatoms. The molecule has 1 saturated carbocycles. The summed E-state index contributed by atoms with van der Waals surface area (Å²) >= 11 is 0. The van der Waals surface area contributed by atoms with E-state index >= 15 is 0 Å². The van der Waals surface area contributed by atoms with Crippen LogP contribution in [0.25, 0.3) is 0 Å². The lowest BCUT2D eigenvalue weighted by Gasteiger charge is -2.35. The van der Waals surface area contributed by atoms with E-state index in [1.807, 2.05) is 66.1 Å². The van der Waals surface area contributed by atoms with Gasteiger partial charge in [-0.2, -0.15) is 0 Å². The molecule has 8 rings (SSSR count). The minimum Gasteiger partial charge on any atom is -0.508 e. The van der Waals surface area contributed by atoms with Crippen molar-refractivity contribution in [3.05, 3.63) is 89.5 Å². The van der Waals surface area contributed by atoms with E-state index in [0.717, 1.165) is 154 Å². The number of amides is 3. The summed E-state index contributed by atoms with van der Waals surface area (Å²) < 4.78 is 15.5. The first-order valence-corrected chi connectivity index (χ1v) is 55.9. The first-order valence-electron chi connectivity index (χ1n) is 55.9. The lowest BCUT2D eigenvalue weighted by Crippen LogP contribution is -2.47. The number of piperazine rings is 1. The van der Waals surface area contributed by atoms with Gasteiger partial charge in [0.05, 0.1) is 25.0 Å². The van der Waals surface area contributed by atoms with Crippen LogP contribution in [0.1, 0.15) is 368 Å². The van der Waals surface area contributed by atoms with E-state index in [1.54, 1.807) is 21.9 Å². The molecule has 3 aromatic rings. The zero-order valence-corrected chi connectivity index (χ0v) is 100. The highest BCUT2D eigenvalue weighted by atomic mass is 16.7. The van der Waals surface area contributed by atoms with Crippen molar-refractivity contribution < 1.29 is 53.5 Å². The van der Waals surface area contributed by atoms with Crippen LogP contribution < -0.4 is 63.1 Å². The fraction of sp³-hybridized carbons (Fsp3) is 0.803. The molecule has 0 unspecified atom stereocenters. The van der Waals surface area contributed by atoms with Gasteiger partial charge in [0.2, 0.25) is 18.6 Å². The van der Waals surface area contributed by atoms with Crippen molar-refractivity contribution in [2.75, 3.05) is 153 Å². The van der Waals surface area contributed by atoms with Crippen molar-refractivity contribution in [2.45, 2.75) is 453 Å². The number of unbranched alkanes of at least 4 members (excludes halogenated alkanes) is 5. The Bertz CT molecular complexity index is 3560. The zero-order valence-electron chi connectivity index (χ0n) is 100. The largest absolute Gasteiger partial charge is 0.508 e. The summed E-state index contributed by atoms with van der Waals surface area (Å²) in [4.78, 5) is 69.9. The van der Waals surface area contributed by atoms with Crippen LogP contribution in [0.5, 0.6) is 17.2 Å². The minimum atomic E-state index is -0.753. The Labute approximate surface area is 890 Å². The number of ether oxygens (including phenoxy) is 3. The molecule has 0 aromatic heterocycles. The molecule has 28 nitrogen and oxygen atoms in total. The van der Waals surface area contributed by atoms with E-state index in [4.69, 9.17) is 35.3 Å². The number of aromatic hydroxyl groups is 1. The number of carboxylic acid groups (broad SMARTS) is 2. The van der Waals surface area contributed by atoms with E-state index < -0.39 is 11.9 Å². The lowest BCUT2D eigenvalue weighted by atomic mass is 9.82. The number of phenols is 1. The summed E-state index contributed by atoms with van der Waals surface area (Å²) in [6, 6.07) is 28.6. The molecule has 5 aliphatic rings. The molecule has 14 N–H and O–H groups in total. The molecule has 1 aliphatic carbocycles. The van der Waals surface area contributed by atoms with Crippen LogP contribution in [-0.4, -0.2) is 314 Å². The molecule has 3 amide bonds. The van der Waals surface area contributed by atoms with Crippen molar-refractivity contribution in [3.8, 4) is 17.2 Å². The molecule has 0 bridgehead atoms. The van der Waals surface area contributed by atoms with Crippen molar-refractivity contribution in [1.82, 2.24) is 82.2 Å². The molecule has 4 heterocycles. The summed E-state index contributed by atoms with van der Waals surface area (Å²) in [6.07, 6.45) is 20.8. The van der Waals surface area contributed by atoms with Gasteiger partial charge in [0.15, 0.2) is 11.5 Å². The Morgan fingerprint density at radius 3 is 1.46 bits per heavy atom. The van der Waals surface area contributed by atoms with Crippen LogP contribution in [0.4, 0.5) is 4.79 Å². The Morgan fingerprint density at radius 1 is 0.517 bits per heavy atom. The Hall–Kier alpha value is -6.35. The van der Waals surface area contributed by atoms with Crippen LogP contribution in [-0.2, 0) is 43.4 Å². The van der Waals surface area contributed by atoms with Gasteiger partial charge < -0.3 is 97.8 Å². The van der Waals surface area contributed by atoms with E-state index in [-0.39, 0.29) is 52.9 Å². The fourth-order valence-corrected chi connectivity index (χ4v) is 15.1. The molecule has 0 radical (unpaired) electrons. The number of likely N-dealkylation sites (tertiary alicyclic amines) is 2. The second-order valence-electron chi connectivity index (χ2n) is 46.7. The molecule has 0 spiro atoms. The van der Waals surface area contributed by atoms with Crippen LogP contribution in [0, 0.1) is 11.8 Å². The topological polar surface area (TPSA) is 331 Å². The summed E-state index contributed by atoms with van der Waals surface area (Å²) in [5, 5.41) is 55.6.